The Kier molecular flexibility index (Phi) is 11.2. The zero-order chi connectivity index (χ0) is 34.4. The summed E-state index contributed by atoms with van der Waals surface area (Å²) in [6, 6.07) is 17.0. The van der Waals surface area contributed by atoms with E-state index in [4.69, 9.17) is 4.74 Å². The largest absolute Gasteiger partial charge is 0.453 e. The lowest BCUT2D eigenvalue weighted by Crippen LogP contribution is -2.46. The summed E-state index contributed by atoms with van der Waals surface area (Å²) in [5.74, 6) is -1.78. The molecule has 0 heterocycles. The third-order valence-electron chi connectivity index (χ3n) is 7.94. The lowest BCUT2D eigenvalue weighted by Gasteiger charge is -2.36. The van der Waals surface area contributed by atoms with Gasteiger partial charge in [-0.1, -0.05) is 60.7 Å². The second kappa shape index (κ2) is 14.8. The number of ether oxygens (including phenoxy) is 1. The van der Waals surface area contributed by atoms with E-state index in [2.05, 4.69) is 4.72 Å². The molecule has 3 aromatic rings. The lowest BCUT2D eigenvalue weighted by molar-refractivity contribution is -0.143. The molecule has 1 aliphatic rings. The summed E-state index contributed by atoms with van der Waals surface area (Å²) in [5, 5.41) is 0. The number of methoxy groups -OCH3 is 1. The first-order valence-corrected chi connectivity index (χ1v) is 16.1. The molecule has 1 N–H and O–H groups in total. The van der Waals surface area contributed by atoms with Crippen LogP contribution >= 0.6 is 0 Å². The van der Waals surface area contributed by atoms with Gasteiger partial charge >= 0.3 is 28.7 Å². The average Bonchev–Trinajstić information content (AvgIpc) is 3.04. The Morgan fingerprint density at radius 2 is 1.28 bits per heavy atom. The van der Waals surface area contributed by atoms with Crippen LogP contribution in [0, 0.1) is 5.92 Å². The summed E-state index contributed by atoms with van der Waals surface area (Å²) in [6.45, 7) is -0.481. The number of nitrogens with one attached hydrogen (secondary N) is 1. The van der Waals surface area contributed by atoms with Crippen molar-refractivity contribution in [2.45, 2.75) is 57.2 Å². The molecule has 0 aliphatic heterocycles. The van der Waals surface area contributed by atoms with Crippen molar-refractivity contribution in [3.05, 3.63) is 107 Å². The van der Waals surface area contributed by atoms with Crippen molar-refractivity contribution in [1.82, 2.24) is 13.9 Å². The van der Waals surface area contributed by atoms with Crippen molar-refractivity contribution in [3.8, 4) is 0 Å². The number of alkyl halides is 6. The zero-order valence-electron chi connectivity index (χ0n) is 25.2. The Labute approximate surface area is 268 Å². The van der Waals surface area contributed by atoms with Gasteiger partial charge in [0.25, 0.3) is 5.91 Å². The smallest absolute Gasteiger partial charge is 0.416 e. The molecule has 1 aliphatic carbocycles. The van der Waals surface area contributed by atoms with Crippen LogP contribution < -0.4 is 4.72 Å². The molecule has 0 radical (unpaired) electrons. The van der Waals surface area contributed by atoms with Gasteiger partial charge in [0, 0.05) is 24.7 Å². The van der Waals surface area contributed by atoms with Gasteiger partial charge in [-0.2, -0.15) is 39.5 Å². The highest BCUT2D eigenvalue weighted by molar-refractivity contribution is 7.87. The SMILES string of the molecule is COC(=O)N(Cc1ccccc1)C1CCC(CNS(=O)(=O)N(Cc2ccccc2)C(=O)c2cc(C(F)(F)F)cc(C(F)(F)F)c2)CC1. The molecule has 2 amide bonds. The maximum atomic E-state index is 13.5. The van der Waals surface area contributed by atoms with Gasteiger partial charge in [0.2, 0.25) is 0 Å². The average molecular weight is 686 g/mol. The van der Waals surface area contributed by atoms with Crippen LogP contribution in [0.2, 0.25) is 0 Å². The van der Waals surface area contributed by atoms with Crippen LogP contribution in [0.4, 0.5) is 31.1 Å². The number of nitrogens with zero attached hydrogens (tertiary/aromatic N) is 2. The van der Waals surface area contributed by atoms with Crippen LogP contribution in [-0.2, 0) is 40.4 Å². The highest BCUT2D eigenvalue weighted by atomic mass is 32.2. The summed E-state index contributed by atoms with van der Waals surface area (Å²) in [5.41, 5.74) is -3.40. The molecule has 0 atom stereocenters. The van der Waals surface area contributed by atoms with Gasteiger partial charge < -0.3 is 9.64 Å². The second-order valence-corrected chi connectivity index (χ2v) is 12.9. The van der Waals surface area contributed by atoms with Gasteiger partial charge in [0.15, 0.2) is 0 Å². The minimum Gasteiger partial charge on any atom is -0.453 e. The number of rotatable bonds is 10. The van der Waals surface area contributed by atoms with Crippen LogP contribution in [0.25, 0.3) is 0 Å². The van der Waals surface area contributed by atoms with Crippen molar-refractivity contribution in [2.24, 2.45) is 5.92 Å². The molecule has 47 heavy (non-hydrogen) atoms. The van der Waals surface area contributed by atoms with Crippen molar-refractivity contribution in [2.75, 3.05) is 13.7 Å². The van der Waals surface area contributed by atoms with Gasteiger partial charge in [-0.25, -0.2) is 9.10 Å². The number of hydrogen-bond donors (Lipinski definition) is 1. The summed E-state index contributed by atoms with van der Waals surface area (Å²) in [7, 11) is -3.48. The Bertz CT molecular complexity index is 1600. The number of hydrogen-bond acceptors (Lipinski definition) is 5. The van der Waals surface area contributed by atoms with Crippen molar-refractivity contribution < 1.29 is 49.1 Å². The number of benzene rings is 3. The first-order chi connectivity index (χ1) is 22.1. The van der Waals surface area contributed by atoms with Gasteiger partial charge in [-0.05, 0) is 60.9 Å². The highest BCUT2D eigenvalue weighted by Crippen LogP contribution is 2.37. The molecule has 3 aromatic carbocycles. The third-order valence-corrected chi connectivity index (χ3v) is 9.34. The molecule has 254 valence electrons. The van der Waals surface area contributed by atoms with Crippen molar-refractivity contribution in [3.63, 3.8) is 0 Å². The van der Waals surface area contributed by atoms with Crippen molar-refractivity contribution >= 4 is 22.2 Å². The molecule has 0 bridgehead atoms. The monoisotopic (exact) mass is 685 g/mol. The van der Waals surface area contributed by atoms with Crippen LogP contribution in [0.3, 0.4) is 0 Å². The maximum Gasteiger partial charge on any atom is 0.416 e. The van der Waals surface area contributed by atoms with Gasteiger partial charge in [-0.3, -0.25) is 4.79 Å². The lowest BCUT2D eigenvalue weighted by atomic mass is 9.85. The Balaban J connectivity index is 1.52. The van der Waals surface area contributed by atoms with E-state index >= 15 is 0 Å². The van der Waals surface area contributed by atoms with Gasteiger partial charge in [-0.15, -0.1) is 0 Å². The Hall–Kier alpha value is -4.11. The number of amides is 2. The Morgan fingerprint density at radius 3 is 1.74 bits per heavy atom. The predicted octanol–water partition coefficient (Wildman–Crippen LogP) is 7.03. The first-order valence-electron chi connectivity index (χ1n) is 14.6. The molecule has 0 saturated heterocycles. The van der Waals surface area contributed by atoms with E-state index in [0.717, 1.165) is 5.56 Å². The van der Waals surface area contributed by atoms with E-state index in [1.807, 2.05) is 30.3 Å². The quantitative estimate of drug-likeness (QED) is 0.231. The molecule has 15 heteroatoms. The topological polar surface area (TPSA) is 96.0 Å². The molecule has 1 fully saturated rings. The minimum absolute atomic E-state index is 0.136. The molecular formula is C32H33F6N3O5S. The molecule has 8 nitrogen and oxygen atoms in total. The van der Waals surface area contributed by atoms with Crippen molar-refractivity contribution in [1.29, 1.82) is 0 Å². The van der Waals surface area contributed by atoms with Crippen LogP contribution in [0.1, 0.15) is 58.3 Å². The van der Waals surface area contributed by atoms with E-state index in [-0.39, 0.29) is 46.6 Å². The summed E-state index contributed by atoms with van der Waals surface area (Å²) < 4.78 is 116. The van der Waals surface area contributed by atoms with Crippen LogP contribution in [-0.4, -0.2) is 49.3 Å². The summed E-state index contributed by atoms with van der Waals surface area (Å²) in [6.07, 6.45) is -8.95. The third kappa shape index (κ3) is 9.47. The number of carbonyl (C=O) groups excluding carboxylic acids is 2. The fourth-order valence-corrected chi connectivity index (χ4v) is 6.68. The molecule has 4 rings (SSSR count). The second-order valence-electron chi connectivity index (χ2n) is 11.2. The summed E-state index contributed by atoms with van der Waals surface area (Å²) >= 11 is 0. The molecule has 0 unspecified atom stereocenters. The van der Waals surface area contributed by atoms with E-state index in [0.29, 0.717) is 32.2 Å². The number of halogens is 6. The molecular weight excluding hydrogens is 652 g/mol. The predicted molar refractivity (Wildman–Crippen MR) is 160 cm³/mol. The minimum atomic E-state index is -5.24. The van der Waals surface area contributed by atoms with Crippen LogP contribution in [0.15, 0.2) is 78.9 Å². The standard InChI is InChI=1S/C32H33F6N3O5S/c1-46-30(43)40(20-23-8-4-2-5-9-23)28-14-12-22(13-15-28)19-39-47(44,45)41(21-24-10-6-3-7-11-24)29(42)25-16-26(31(33,34)35)18-27(17-25)32(36,37)38/h2-11,16-18,22,28,39H,12-15,19-21H2,1H3. The van der Waals surface area contributed by atoms with Crippen LogP contribution in [0.5, 0.6) is 0 Å². The Morgan fingerprint density at radius 1 is 0.787 bits per heavy atom. The van der Waals surface area contributed by atoms with E-state index in [1.54, 1.807) is 11.0 Å². The first kappa shape index (κ1) is 35.7. The van der Waals surface area contributed by atoms with E-state index < -0.39 is 57.8 Å². The normalized spacial score (nSPS) is 17.2. The van der Waals surface area contributed by atoms with E-state index in [1.165, 1.54) is 31.4 Å². The van der Waals surface area contributed by atoms with Gasteiger partial charge in [0.05, 0.1) is 24.8 Å². The van der Waals surface area contributed by atoms with E-state index in [9.17, 15) is 44.3 Å². The zero-order valence-corrected chi connectivity index (χ0v) is 26.0. The molecule has 0 spiro atoms. The fourth-order valence-electron chi connectivity index (χ4n) is 5.44. The maximum absolute atomic E-state index is 13.5. The summed E-state index contributed by atoms with van der Waals surface area (Å²) in [4.78, 5) is 27.7. The van der Waals surface area contributed by atoms with Gasteiger partial charge in [0.1, 0.15) is 0 Å². The number of carbonyl (C=O) groups is 2. The fraction of sp³-hybridized carbons (Fsp3) is 0.375. The highest BCUT2D eigenvalue weighted by Gasteiger charge is 2.39. The molecule has 0 aromatic heterocycles. The molecule has 1 saturated carbocycles.